The van der Waals surface area contributed by atoms with E-state index in [1.165, 1.54) is 12.1 Å². The Balaban J connectivity index is 1.51. The van der Waals surface area contributed by atoms with E-state index in [4.69, 9.17) is 4.74 Å². The summed E-state index contributed by atoms with van der Waals surface area (Å²) in [6.07, 6.45) is 1.79. The Bertz CT molecular complexity index is 1600. The second-order valence-electron chi connectivity index (χ2n) is 13.2. The summed E-state index contributed by atoms with van der Waals surface area (Å²) in [5.41, 5.74) is 3.73. The van der Waals surface area contributed by atoms with Gasteiger partial charge < -0.3 is 15.0 Å². The lowest BCUT2D eigenvalue weighted by Gasteiger charge is -2.56. The molecule has 1 saturated carbocycles. The molecule has 6 bridgehead atoms. The van der Waals surface area contributed by atoms with Crippen molar-refractivity contribution in [1.29, 1.82) is 0 Å². The number of aromatic nitrogens is 2. The van der Waals surface area contributed by atoms with Crippen LogP contribution in [0.25, 0.3) is 11.3 Å². The molecule has 10 heteroatoms. The van der Waals surface area contributed by atoms with E-state index in [-0.39, 0.29) is 46.7 Å². The van der Waals surface area contributed by atoms with Crippen LogP contribution in [0.15, 0.2) is 53.4 Å². The van der Waals surface area contributed by atoms with E-state index < -0.39 is 10.0 Å². The summed E-state index contributed by atoms with van der Waals surface area (Å²) in [7, 11) is -4.10. The molecule has 222 valence electrons. The van der Waals surface area contributed by atoms with Crippen LogP contribution in [0, 0.1) is 31.1 Å². The lowest BCUT2D eigenvalue weighted by atomic mass is 9.65. The van der Waals surface area contributed by atoms with Crippen molar-refractivity contribution in [3.63, 3.8) is 0 Å². The molecule has 0 spiro atoms. The first kappa shape index (κ1) is 28.6. The molecule has 2 N–H and O–H groups in total. The Hall–Kier alpha value is -3.50. The molecule has 9 nitrogen and oxygen atoms in total. The van der Waals surface area contributed by atoms with Gasteiger partial charge in [0.2, 0.25) is 11.8 Å². The Kier molecular flexibility index (Phi) is 7.25. The molecule has 6 rings (SSSR count). The van der Waals surface area contributed by atoms with Gasteiger partial charge in [-0.25, -0.2) is 18.1 Å². The third-order valence-corrected chi connectivity index (χ3v) is 9.99. The van der Waals surface area contributed by atoms with Crippen LogP contribution in [0.1, 0.15) is 55.1 Å². The highest BCUT2D eigenvalue weighted by molar-refractivity contribution is 7.92. The Labute approximate surface area is 248 Å². The number of nitrogens with one attached hydrogen (secondary N) is 2. The maximum atomic E-state index is 14.4. The topological polar surface area (TPSA) is 114 Å². The van der Waals surface area contributed by atoms with Gasteiger partial charge in [0.05, 0.1) is 16.6 Å². The van der Waals surface area contributed by atoms with Crippen LogP contribution >= 0.6 is 0 Å². The molecule has 1 saturated heterocycles. The van der Waals surface area contributed by atoms with E-state index in [0.29, 0.717) is 29.5 Å². The molecule has 1 unspecified atom stereocenters. The minimum absolute atomic E-state index is 0.0149. The fraction of sp³-hybridized carbons (Fsp3) is 0.469. The molecular weight excluding hydrogens is 550 g/mol. The number of hydrogen-bond acceptors (Lipinski definition) is 7. The van der Waals surface area contributed by atoms with E-state index >= 15 is 0 Å². The van der Waals surface area contributed by atoms with Gasteiger partial charge in [0.25, 0.3) is 15.9 Å². The van der Waals surface area contributed by atoms with Crippen molar-refractivity contribution in [1.82, 2.24) is 20.2 Å². The van der Waals surface area contributed by atoms with E-state index in [9.17, 15) is 13.2 Å². The van der Waals surface area contributed by atoms with Crippen LogP contribution in [0.3, 0.4) is 0 Å². The van der Waals surface area contributed by atoms with Gasteiger partial charge in [0, 0.05) is 23.2 Å². The third-order valence-electron chi connectivity index (χ3n) is 8.66. The maximum absolute atomic E-state index is 14.4. The van der Waals surface area contributed by atoms with Crippen LogP contribution in [-0.4, -0.2) is 61.0 Å². The molecule has 2 fully saturated rings. The first-order valence-electron chi connectivity index (χ1n) is 14.6. The number of carbonyl (C=O) groups is 1. The van der Waals surface area contributed by atoms with Crippen molar-refractivity contribution in [2.45, 2.75) is 64.4 Å². The van der Waals surface area contributed by atoms with Crippen molar-refractivity contribution in [3.8, 4) is 17.1 Å². The average molecular weight is 590 g/mol. The van der Waals surface area contributed by atoms with E-state index in [0.717, 1.165) is 36.2 Å². The highest BCUT2D eigenvalue weighted by Gasteiger charge is 2.50. The quantitative estimate of drug-likeness (QED) is 0.451. The van der Waals surface area contributed by atoms with Crippen molar-refractivity contribution >= 4 is 21.9 Å². The van der Waals surface area contributed by atoms with Gasteiger partial charge in [-0.3, -0.25) is 4.79 Å². The molecule has 42 heavy (non-hydrogen) atoms. The molecular formula is C32H39N5O4S. The molecule has 1 amide bonds. The minimum Gasteiger partial charge on any atom is -0.475 e. The van der Waals surface area contributed by atoms with Crippen molar-refractivity contribution in [3.05, 3.63) is 65.2 Å². The fourth-order valence-electron chi connectivity index (χ4n) is 6.86. The first-order valence-corrected chi connectivity index (χ1v) is 16.1. The van der Waals surface area contributed by atoms with Gasteiger partial charge in [-0.2, -0.15) is 4.98 Å². The molecule has 0 radical (unpaired) electrons. The van der Waals surface area contributed by atoms with Gasteiger partial charge in [-0.05, 0) is 86.4 Å². The zero-order valence-electron chi connectivity index (χ0n) is 24.8. The molecule has 3 aliphatic rings. The van der Waals surface area contributed by atoms with Crippen LogP contribution in [-0.2, 0) is 10.0 Å². The summed E-state index contributed by atoms with van der Waals surface area (Å²) >= 11 is 0. The van der Waals surface area contributed by atoms with Gasteiger partial charge in [-0.15, -0.1) is 0 Å². The number of rotatable bonds is 3. The Morgan fingerprint density at radius 2 is 1.69 bits per heavy atom. The minimum atomic E-state index is -4.10. The zero-order valence-corrected chi connectivity index (χ0v) is 25.7. The highest BCUT2D eigenvalue weighted by atomic mass is 32.2. The predicted octanol–water partition coefficient (Wildman–Crippen LogP) is 4.81. The average Bonchev–Trinajstić information content (AvgIpc) is 2.93. The van der Waals surface area contributed by atoms with Gasteiger partial charge >= 0.3 is 0 Å². The van der Waals surface area contributed by atoms with Gasteiger partial charge in [-0.1, -0.05) is 45.0 Å². The number of nitrogens with zero attached hydrogens (tertiary/aromatic N) is 3. The molecule has 1 aromatic heterocycles. The number of ether oxygens (including phenoxy) is 1. The third kappa shape index (κ3) is 5.49. The second kappa shape index (κ2) is 10.6. The summed E-state index contributed by atoms with van der Waals surface area (Å²) in [5.74, 6) is 0.708. The summed E-state index contributed by atoms with van der Waals surface area (Å²) < 4.78 is 36.1. The van der Waals surface area contributed by atoms with Crippen LogP contribution in [0.5, 0.6) is 5.88 Å². The monoisotopic (exact) mass is 589 g/mol. The largest absolute Gasteiger partial charge is 0.475 e. The Morgan fingerprint density at radius 1 is 1.00 bits per heavy atom. The van der Waals surface area contributed by atoms with Crippen LogP contribution in [0.4, 0.5) is 5.95 Å². The van der Waals surface area contributed by atoms with Gasteiger partial charge in [0.15, 0.2) is 0 Å². The fourth-order valence-corrected chi connectivity index (χ4v) is 7.85. The van der Waals surface area contributed by atoms with Crippen LogP contribution < -0.4 is 14.8 Å². The molecule has 2 aromatic carbocycles. The molecule has 1 aliphatic carbocycles. The number of piperidine rings is 2. The smallest absolute Gasteiger partial charge is 0.264 e. The van der Waals surface area contributed by atoms with Crippen molar-refractivity contribution < 1.29 is 17.9 Å². The molecule has 3 heterocycles. The molecule has 3 aromatic rings. The highest BCUT2D eigenvalue weighted by Crippen LogP contribution is 2.43. The normalized spacial score (nSPS) is 25.2. The number of fused-ring (bicyclic) bond motifs is 6. The standard InChI is InChI=1S/C32H39N5O4S/c1-19-8-6-9-20(2)28(19)26-14-27-35-31(34-26)36-42(39,40)25-11-7-10-21(13-25)30(38)37(24(18-41-27)15-32(3,4)5)29-22-12-23(29)17-33-16-22/h6-11,13-14,22-24,29,33H,12,15-18H2,1-5H3,(H,34,35,36)/t22-,23+,24-,29?/m1/s1. The summed E-state index contributed by atoms with van der Waals surface area (Å²) in [6.45, 7) is 12.4. The second-order valence-corrected chi connectivity index (χ2v) is 14.8. The summed E-state index contributed by atoms with van der Waals surface area (Å²) in [6, 6.07) is 13.8. The van der Waals surface area contributed by atoms with Gasteiger partial charge in [0.1, 0.15) is 6.61 Å². The van der Waals surface area contributed by atoms with E-state index in [2.05, 4.69) is 40.8 Å². The van der Waals surface area contributed by atoms with Crippen molar-refractivity contribution in [2.75, 3.05) is 24.4 Å². The lowest BCUT2D eigenvalue weighted by molar-refractivity contribution is -0.0472. The van der Waals surface area contributed by atoms with Crippen LogP contribution in [0.2, 0.25) is 0 Å². The summed E-state index contributed by atoms with van der Waals surface area (Å²) in [4.78, 5) is 25.5. The van der Waals surface area contributed by atoms with E-state index in [1.54, 1.807) is 18.2 Å². The number of amides is 1. The first-order chi connectivity index (χ1) is 19.9. The number of aryl methyl sites for hydroxylation is 2. The number of anilines is 1. The number of sulfonamides is 1. The van der Waals surface area contributed by atoms with E-state index in [1.807, 2.05) is 36.9 Å². The lowest BCUT2D eigenvalue weighted by Crippen LogP contribution is -2.67. The summed E-state index contributed by atoms with van der Waals surface area (Å²) in [5, 5.41) is 3.49. The van der Waals surface area contributed by atoms with Crippen molar-refractivity contribution in [2.24, 2.45) is 17.3 Å². The molecule has 4 atom stereocenters. The zero-order chi connectivity index (χ0) is 29.8. The molecule has 2 aliphatic heterocycles. The maximum Gasteiger partial charge on any atom is 0.264 e. The predicted molar refractivity (Wildman–Crippen MR) is 162 cm³/mol. The Morgan fingerprint density at radius 3 is 2.36 bits per heavy atom. The SMILES string of the molecule is Cc1cccc(C)c1-c1cc2nc(n1)NS(=O)(=O)c1cccc(c1)C(=O)N(C1[C@@H]3CNC[C@H]1C3)[C@H](CC(C)(C)C)CO2. The number of benzene rings is 2. The number of hydrogen-bond donors (Lipinski definition) is 2. The number of carbonyl (C=O) groups excluding carboxylic acids is 1.